The highest BCUT2D eigenvalue weighted by molar-refractivity contribution is 6.62. The maximum atomic E-state index is 13.1. The molecule has 3 aliphatic heterocycles. The van der Waals surface area contributed by atoms with Gasteiger partial charge in [0.2, 0.25) is 5.28 Å². The van der Waals surface area contributed by atoms with Crippen LogP contribution in [0.1, 0.15) is 96.5 Å². The highest BCUT2D eigenvalue weighted by Crippen LogP contribution is 2.50. The summed E-state index contributed by atoms with van der Waals surface area (Å²) in [4.78, 5) is 27.0. The third kappa shape index (κ3) is 5.01. The molecule has 1 aromatic heterocycles. The zero-order chi connectivity index (χ0) is 31.4. The lowest BCUT2D eigenvalue weighted by Crippen LogP contribution is -2.57. The molecule has 1 aromatic carbocycles. The molecule has 3 saturated heterocycles. The van der Waals surface area contributed by atoms with Gasteiger partial charge >= 0.3 is 13.2 Å². The SMILES string of the molecule is CC(C)(C)OC(=O)N1C2CCC1CN(c1nc(Cl)nc3c1CCC1(CCc4c(Cl)cc(B5OC(C)(C)C(C)(C)O5)cc41)C3)C2. The lowest BCUT2D eigenvalue weighted by atomic mass is 9.67. The first kappa shape index (κ1) is 30.6. The fourth-order valence-corrected chi connectivity index (χ4v) is 8.56. The van der Waals surface area contributed by atoms with E-state index in [1.807, 2.05) is 31.7 Å². The molecule has 2 aromatic rings. The summed E-state index contributed by atoms with van der Waals surface area (Å²) in [6.45, 7) is 15.5. The van der Waals surface area contributed by atoms with Gasteiger partial charge in [-0.05, 0) is 128 Å². The number of anilines is 1. The van der Waals surface area contributed by atoms with E-state index in [0.717, 1.165) is 80.0 Å². The molecule has 2 aliphatic carbocycles. The predicted octanol–water partition coefficient (Wildman–Crippen LogP) is 6.04. The summed E-state index contributed by atoms with van der Waals surface area (Å²) in [7, 11) is -0.464. The van der Waals surface area contributed by atoms with Crippen molar-refractivity contribution in [3.63, 3.8) is 0 Å². The molecule has 2 bridgehead atoms. The van der Waals surface area contributed by atoms with Crippen LogP contribution < -0.4 is 10.4 Å². The van der Waals surface area contributed by atoms with Gasteiger partial charge in [0.25, 0.3) is 0 Å². The van der Waals surface area contributed by atoms with Crippen LogP contribution in [0.3, 0.4) is 0 Å². The topological polar surface area (TPSA) is 77.0 Å². The number of hydrogen-bond acceptors (Lipinski definition) is 7. The Labute approximate surface area is 271 Å². The Kier molecular flexibility index (Phi) is 7.10. The number of ether oxygens (including phenoxy) is 1. The lowest BCUT2D eigenvalue weighted by molar-refractivity contribution is 0.00578. The van der Waals surface area contributed by atoms with Gasteiger partial charge in [0.15, 0.2) is 0 Å². The van der Waals surface area contributed by atoms with Crippen LogP contribution in [0.5, 0.6) is 0 Å². The Balaban J connectivity index is 1.17. The van der Waals surface area contributed by atoms with Gasteiger partial charge in [0.1, 0.15) is 11.4 Å². The second-order valence-corrected chi connectivity index (χ2v) is 16.2. The molecule has 0 saturated carbocycles. The van der Waals surface area contributed by atoms with Crippen molar-refractivity contribution >= 4 is 47.7 Å². The molecular formula is C33H43BCl2N4O4. The number of piperazine rings is 1. The number of rotatable bonds is 2. The number of aromatic nitrogens is 2. The van der Waals surface area contributed by atoms with Crippen LogP contribution in [-0.4, -0.2) is 70.1 Å². The number of hydrogen-bond donors (Lipinski definition) is 0. The van der Waals surface area contributed by atoms with Crippen molar-refractivity contribution in [3.8, 4) is 0 Å². The highest BCUT2D eigenvalue weighted by Gasteiger charge is 2.53. The number of fused-ring (bicyclic) bond motifs is 5. The van der Waals surface area contributed by atoms with E-state index in [4.69, 9.17) is 47.2 Å². The summed E-state index contributed by atoms with van der Waals surface area (Å²) in [5.74, 6) is 0.929. The van der Waals surface area contributed by atoms with E-state index in [-0.39, 0.29) is 28.9 Å². The third-order valence-electron chi connectivity index (χ3n) is 11.0. The number of benzene rings is 1. The standard InChI is InChI=1S/C33H43BCl2N4O4/c1-30(2,3)42-29(41)40-20-8-9-21(40)18-39(17-20)27-23-11-13-33(16-26(23)37-28(36)38-27)12-10-22-24(33)14-19(15-25(22)35)34-43-31(4,5)32(6,7)44-34/h14-15,20-21H,8-13,16-18H2,1-7H3. The molecule has 11 heteroatoms. The lowest BCUT2D eigenvalue weighted by Gasteiger charge is -2.43. The Morgan fingerprint density at radius 3 is 2.20 bits per heavy atom. The molecule has 3 atom stereocenters. The van der Waals surface area contributed by atoms with Crippen LogP contribution in [0.4, 0.5) is 10.6 Å². The van der Waals surface area contributed by atoms with Crippen LogP contribution in [0.25, 0.3) is 0 Å². The zero-order valence-corrected chi connectivity index (χ0v) is 28.4. The Morgan fingerprint density at radius 1 is 0.977 bits per heavy atom. The molecule has 8 nitrogen and oxygen atoms in total. The third-order valence-corrected chi connectivity index (χ3v) is 11.5. The fourth-order valence-electron chi connectivity index (χ4n) is 8.06. The minimum Gasteiger partial charge on any atom is -0.444 e. The molecule has 236 valence electrons. The van der Waals surface area contributed by atoms with Gasteiger partial charge < -0.3 is 18.9 Å². The van der Waals surface area contributed by atoms with E-state index in [2.05, 4.69) is 38.7 Å². The molecule has 3 unspecified atom stereocenters. The van der Waals surface area contributed by atoms with Crippen molar-refractivity contribution in [1.82, 2.24) is 14.9 Å². The molecule has 3 fully saturated rings. The molecule has 5 aliphatic rings. The fraction of sp³-hybridized carbons (Fsp3) is 0.667. The van der Waals surface area contributed by atoms with Crippen molar-refractivity contribution in [2.45, 2.75) is 128 Å². The Morgan fingerprint density at radius 2 is 1.59 bits per heavy atom. The maximum absolute atomic E-state index is 13.1. The van der Waals surface area contributed by atoms with Gasteiger partial charge in [-0.3, -0.25) is 4.90 Å². The van der Waals surface area contributed by atoms with E-state index in [1.165, 1.54) is 16.7 Å². The van der Waals surface area contributed by atoms with Crippen molar-refractivity contribution in [3.05, 3.63) is 44.8 Å². The maximum Gasteiger partial charge on any atom is 0.494 e. The summed E-state index contributed by atoms with van der Waals surface area (Å²) in [6.07, 6.45) is 6.31. The number of carbonyl (C=O) groups excluding carboxylic acids is 1. The van der Waals surface area contributed by atoms with Crippen molar-refractivity contribution in [1.29, 1.82) is 0 Å². The van der Waals surface area contributed by atoms with E-state index in [9.17, 15) is 4.79 Å². The smallest absolute Gasteiger partial charge is 0.444 e. The molecule has 44 heavy (non-hydrogen) atoms. The van der Waals surface area contributed by atoms with E-state index in [1.54, 1.807) is 0 Å². The van der Waals surface area contributed by atoms with Crippen LogP contribution in [-0.2, 0) is 38.7 Å². The molecule has 4 heterocycles. The monoisotopic (exact) mass is 640 g/mol. The second kappa shape index (κ2) is 10.2. The highest BCUT2D eigenvalue weighted by atomic mass is 35.5. The summed E-state index contributed by atoms with van der Waals surface area (Å²) in [5.41, 5.74) is 4.26. The van der Waals surface area contributed by atoms with E-state index >= 15 is 0 Å². The van der Waals surface area contributed by atoms with Crippen LogP contribution in [0, 0.1) is 0 Å². The minimum atomic E-state index is -0.517. The molecular weight excluding hydrogens is 598 g/mol. The van der Waals surface area contributed by atoms with Gasteiger partial charge in [-0.15, -0.1) is 0 Å². The van der Waals surface area contributed by atoms with E-state index in [0.29, 0.717) is 0 Å². The zero-order valence-electron chi connectivity index (χ0n) is 26.9. The first-order valence-corrected chi connectivity index (χ1v) is 16.8. The average molecular weight is 641 g/mol. The summed E-state index contributed by atoms with van der Waals surface area (Å²) >= 11 is 13.6. The Hall–Kier alpha value is -2.07. The molecule has 7 rings (SSSR count). The average Bonchev–Trinajstić information content (AvgIpc) is 3.48. The molecule has 1 amide bonds. The number of halogens is 2. The minimum absolute atomic E-state index is 0.0744. The van der Waals surface area contributed by atoms with Crippen LogP contribution in [0.2, 0.25) is 10.3 Å². The number of nitrogens with zero attached hydrogens (tertiary/aromatic N) is 4. The quantitative estimate of drug-likeness (QED) is 0.292. The summed E-state index contributed by atoms with van der Waals surface area (Å²) in [6, 6.07) is 4.50. The number of amides is 1. The first-order chi connectivity index (χ1) is 20.6. The van der Waals surface area contributed by atoms with E-state index < -0.39 is 23.9 Å². The van der Waals surface area contributed by atoms with Gasteiger partial charge in [0, 0.05) is 29.1 Å². The summed E-state index contributed by atoms with van der Waals surface area (Å²) in [5, 5.41) is 1.06. The Bertz CT molecular complexity index is 1500. The van der Waals surface area contributed by atoms with Gasteiger partial charge in [-0.2, -0.15) is 0 Å². The van der Waals surface area contributed by atoms with Crippen molar-refractivity contribution in [2.24, 2.45) is 0 Å². The summed E-state index contributed by atoms with van der Waals surface area (Å²) < 4.78 is 18.6. The molecule has 1 spiro atoms. The largest absolute Gasteiger partial charge is 0.494 e. The van der Waals surface area contributed by atoms with Gasteiger partial charge in [-0.25, -0.2) is 14.8 Å². The molecule has 0 N–H and O–H groups in total. The van der Waals surface area contributed by atoms with Gasteiger partial charge in [-0.1, -0.05) is 17.7 Å². The number of carbonyl (C=O) groups is 1. The van der Waals surface area contributed by atoms with Crippen LogP contribution >= 0.6 is 23.2 Å². The molecule has 0 radical (unpaired) electrons. The predicted molar refractivity (Wildman–Crippen MR) is 173 cm³/mol. The van der Waals surface area contributed by atoms with Crippen molar-refractivity contribution < 1.29 is 18.8 Å². The van der Waals surface area contributed by atoms with Crippen LogP contribution in [0.15, 0.2) is 12.1 Å². The second-order valence-electron chi connectivity index (χ2n) is 15.5. The van der Waals surface area contributed by atoms with Gasteiger partial charge in [0.05, 0.1) is 29.0 Å². The first-order valence-electron chi connectivity index (χ1n) is 16.1. The normalized spacial score (nSPS) is 28.4. The van der Waals surface area contributed by atoms with Crippen molar-refractivity contribution in [2.75, 3.05) is 18.0 Å².